The molecule has 0 spiro atoms. The third-order valence-corrected chi connectivity index (χ3v) is 7.60. The second-order valence-corrected chi connectivity index (χ2v) is 10.0. The maximum Gasteiger partial charge on any atom is 0.286 e. The lowest BCUT2D eigenvalue weighted by molar-refractivity contribution is 0.0748. The van der Waals surface area contributed by atoms with Crippen LogP contribution < -0.4 is 10.5 Å². The van der Waals surface area contributed by atoms with Gasteiger partial charge < -0.3 is 14.8 Å². The van der Waals surface area contributed by atoms with Crippen LogP contribution in [0.3, 0.4) is 0 Å². The minimum atomic E-state index is -3.89. The van der Waals surface area contributed by atoms with Crippen molar-refractivity contribution in [2.75, 3.05) is 18.0 Å². The number of para-hydroxylation sites is 1. The molecule has 2 aromatic carbocycles. The van der Waals surface area contributed by atoms with Crippen LogP contribution in [-0.4, -0.2) is 48.1 Å². The SMILES string of the molecule is CCN(Cc1nc2ccccc2c(=O)[nH]1)C(=O)c1ccc2c(c1)S(=O)(=O)N=C1CCCCCN12. The van der Waals surface area contributed by atoms with Crippen molar-refractivity contribution < 1.29 is 13.2 Å². The van der Waals surface area contributed by atoms with Crippen LogP contribution in [0.5, 0.6) is 0 Å². The van der Waals surface area contributed by atoms with E-state index in [1.54, 1.807) is 36.4 Å². The number of carbonyl (C=O) groups excluding carboxylic acids is 1. The topological polar surface area (TPSA) is 116 Å². The standard InChI is InChI=1S/C24H25N5O4S/c1-2-28(15-21-25-18-9-6-5-8-17(18)23(30)26-21)24(31)16-11-12-19-20(14-16)34(32,33)27-22-10-4-3-7-13-29(19)22/h5-6,8-9,11-12,14H,2-4,7,10,13,15H2,1H3,(H,25,26,30). The Hall–Kier alpha value is -3.53. The molecule has 3 heterocycles. The molecule has 0 atom stereocenters. The van der Waals surface area contributed by atoms with Crippen LogP contribution in [0.1, 0.15) is 48.8 Å². The third-order valence-electron chi connectivity index (χ3n) is 6.27. The number of anilines is 1. The zero-order valence-electron chi connectivity index (χ0n) is 18.8. The van der Waals surface area contributed by atoms with Crippen LogP contribution in [0.15, 0.2) is 56.6 Å². The van der Waals surface area contributed by atoms with E-state index in [1.165, 1.54) is 11.0 Å². The van der Waals surface area contributed by atoms with Gasteiger partial charge in [-0.3, -0.25) is 9.59 Å². The molecule has 5 rings (SSSR count). The normalized spacial score (nSPS) is 16.9. The molecule has 1 amide bonds. The lowest BCUT2D eigenvalue weighted by Crippen LogP contribution is -2.36. The third kappa shape index (κ3) is 3.98. The molecule has 3 aromatic rings. The number of aromatic nitrogens is 2. The number of aromatic amines is 1. The van der Waals surface area contributed by atoms with Crippen molar-refractivity contribution in [3.8, 4) is 0 Å². The Morgan fingerprint density at radius 1 is 1.15 bits per heavy atom. The summed E-state index contributed by atoms with van der Waals surface area (Å²) in [5.74, 6) is 0.593. The summed E-state index contributed by atoms with van der Waals surface area (Å²) in [6, 6.07) is 11.8. The number of H-pyrrole nitrogens is 1. The smallest absolute Gasteiger partial charge is 0.286 e. The highest BCUT2D eigenvalue weighted by atomic mass is 32.2. The van der Waals surface area contributed by atoms with E-state index >= 15 is 0 Å². The van der Waals surface area contributed by atoms with Gasteiger partial charge in [-0.25, -0.2) is 4.98 Å². The van der Waals surface area contributed by atoms with Crippen molar-refractivity contribution in [1.82, 2.24) is 14.9 Å². The van der Waals surface area contributed by atoms with Crippen LogP contribution in [0, 0.1) is 0 Å². The zero-order chi connectivity index (χ0) is 23.9. The molecule has 1 saturated heterocycles. The minimum Gasteiger partial charge on any atom is -0.331 e. The Morgan fingerprint density at radius 3 is 2.79 bits per heavy atom. The van der Waals surface area contributed by atoms with Crippen LogP contribution >= 0.6 is 0 Å². The number of rotatable bonds is 4. The van der Waals surface area contributed by atoms with Gasteiger partial charge >= 0.3 is 0 Å². The molecule has 0 unspecified atom stereocenters. The van der Waals surface area contributed by atoms with E-state index in [9.17, 15) is 18.0 Å². The Balaban J connectivity index is 1.47. The summed E-state index contributed by atoms with van der Waals surface area (Å²) < 4.78 is 29.9. The van der Waals surface area contributed by atoms with Crippen molar-refractivity contribution in [3.05, 3.63) is 64.2 Å². The van der Waals surface area contributed by atoms with Crippen molar-refractivity contribution in [2.45, 2.75) is 44.0 Å². The largest absolute Gasteiger partial charge is 0.331 e. The van der Waals surface area contributed by atoms with Crippen molar-refractivity contribution >= 4 is 38.4 Å². The second-order valence-electron chi connectivity index (χ2n) is 8.48. The molecule has 0 aliphatic carbocycles. The first kappa shape index (κ1) is 22.3. The molecule has 1 fully saturated rings. The molecule has 2 aliphatic rings. The first-order valence-electron chi connectivity index (χ1n) is 11.4. The van der Waals surface area contributed by atoms with Gasteiger partial charge in [-0.2, -0.15) is 8.42 Å². The first-order valence-corrected chi connectivity index (χ1v) is 12.8. The maximum atomic E-state index is 13.3. The Bertz CT molecular complexity index is 1480. The van der Waals surface area contributed by atoms with Gasteiger partial charge in [0.05, 0.1) is 23.1 Å². The van der Waals surface area contributed by atoms with Crippen LogP contribution in [0.25, 0.3) is 10.9 Å². The fraction of sp³-hybridized carbons (Fsp3) is 0.333. The molecule has 1 N–H and O–H groups in total. The highest BCUT2D eigenvalue weighted by molar-refractivity contribution is 7.90. The number of nitrogens with one attached hydrogen (secondary N) is 1. The van der Waals surface area contributed by atoms with E-state index in [4.69, 9.17) is 0 Å². The fourth-order valence-electron chi connectivity index (χ4n) is 4.51. The summed E-state index contributed by atoms with van der Waals surface area (Å²) >= 11 is 0. The Labute approximate surface area is 197 Å². The molecule has 2 aliphatic heterocycles. The van der Waals surface area contributed by atoms with Gasteiger partial charge in [0.2, 0.25) is 0 Å². The van der Waals surface area contributed by atoms with E-state index < -0.39 is 10.0 Å². The summed E-state index contributed by atoms with van der Waals surface area (Å²) in [5.41, 5.74) is 1.11. The van der Waals surface area contributed by atoms with Crippen molar-refractivity contribution in [3.63, 3.8) is 0 Å². The van der Waals surface area contributed by atoms with E-state index in [2.05, 4.69) is 14.4 Å². The summed E-state index contributed by atoms with van der Waals surface area (Å²) in [6.07, 6.45) is 3.52. The highest BCUT2D eigenvalue weighted by Crippen LogP contribution is 2.35. The molecule has 0 saturated carbocycles. The fourth-order valence-corrected chi connectivity index (χ4v) is 5.80. The van der Waals surface area contributed by atoms with Crippen molar-refractivity contribution in [2.24, 2.45) is 4.40 Å². The molecule has 34 heavy (non-hydrogen) atoms. The predicted molar refractivity (Wildman–Crippen MR) is 130 cm³/mol. The van der Waals surface area contributed by atoms with Gasteiger partial charge in [0.15, 0.2) is 0 Å². The summed E-state index contributed by atoms with van der Waals surface area (Å²) in [7, 11) is -3.89. The summed E-state index contributed by atoms with van der Waals surface area (Å²) in [6.45, 7) is 2.97. The lowest BCUT2D eigenvalue weighted by Gasteiger charge is -2.30. The van der Waals surface area contributed by atoms with Gasteiger partial charge in [-0.15, -0.1) is 4.40 Å². The van der Waals surface area contributed by atoms with Gasteiger partial charge in [0.1, 0.15) is 16.6 Å². The number of benzene rings is 2. The van der Waals surface area contributed by atoms with Crippen LogP contribution in [0.2, 0.25) is 0 Å². The highest BCUT2D eigenvalue weighted by Gasteiger charge is 2.32. The molecular weight excluding hydrogens is 454 g/mol. The Kier molecular flexibility index (Phi) is 5.68. The van der Waals surface area contributed by atoms with Crippen LogP contribution in [0.4, 0.5) is 5.69 Å². The number of carbonyl (C=O) groups is 1. The van der Waals surface area contributed by atoms with Gasteiger partial charge in [-0.1, -0.05) is 18.6 Å². The molecule has 176 valence electrons. The quantitative estimate of drug-likeness (QED) is 0.615. The van der Waals surface area contributed by atoms with E-state index in [1.807, 2.05) is 11.8 Å². The molecule has 9 nitrogen and oxygen atoms in total. The zero-order valence-corrected chi connectivity index (χ0v) is 19.6. The maximum absolute atomic E-state index is 13.3. The minimum absolute atomic E-state index is 0.0530. The molecule has 1 aromatic heterocycles. The van der Waals surface area contributed by atoms with Gasteiger partial charge in [-0.05, 0) is 50.1 Å². The van der Waals surface area contributed by atoms with Crippen molar-refractivity contribution in [1.29, 1.82) is 0 Å². The predicted octanol–water partition coefficient (Wildman–Crippen LogP) is 3.07. The Morgan fingerprint density at radius 2 is 1.97 bits per heavy atom. The number of nitrogens with zero attached hydrogens (tertiary/aromatic N) is 4. The summed E-state index contributed by atoms with van der Waals surface area (Å²) in [5, 5.41) is 0.481. The number of amidine groups is 1. The van der Waals surface area contributed by atoms with Gasteiger partial charge in [0, 0.05) is 25.1 Å². The monoisotopic (exact) mass is 479 g/mol. The molecule has 10 heteroatoms. The first-order chi connectivity index (χ1) is 16.4. The van der Waals surface area contributed by atoms with Crippen LogP contribution in [-0.2, 0) is 16.6 Å². The number of fused-ring (bicyclic) bond motifs is 4. The van der Waals surface area contributed by atoms with Gasteiger partial charge in [0.25, 0.3) is 21.5 Å². The van der Waals surface area contributed by atoms with E-state index in [-0.39, 0.29) is 28.5 Å². The second kappa shape index (κ2) is 8.68. The average molecular weight is 480 g/mol. The molecule has 0 radical (unpaired) electrons. The molecular formula is C24H25N5O4S. The summed E-state index contributed by atoms with van der Waals surface area (Å²) in [4.78, 5) is 36.5. The molecule has 0 bridgehead atoms. The lowest BCUT2D eigenvalue weighted by atomic mass is 10.1. The van der Waals surface area contributed by atoms with E-state index in [0.29, 0.717) is 47.8 Å². The average Bonchev–Trinajstić information content (AvgIpc) is 3.07. The number of hydrogen-bond donors (Lipinski definition) is 1. The number of sulfonamides is 1. The van der Waals surface area contributed by atoms with E-state index in [0.717, 1.165) is 19.3 Å². The number of hydrogen-bond acceptors (Lipinski definition) is 6. The number of amides is 1.